The quantitative estimate of drug-likeness (QED) is 0.902. The van der Waals surface area contributed by atoms with E-state index in [2.05, 4.69) is 5.32 Å². The van der Waals surface area contributed by atoms with Gasteiger partial charge >= 0.3 is 6.03 Å². The first-order valence-corrected chi connectivity index (χ1v) is 8.78. The van der Waals surface area contributed by atoms with E-state index in [0.717, 1.165) is 17.7 Å². The van der Waals surface area contributed by atoms with Crippen LogP contribution in [-0.2, 0) is 6.54 Å². The number of para-hydroxylation sites is 1. The summed E-state index contributed by atoms with van der Waals surface area (Å²) < 4.78 is 16.7. The molecule has 0 fully saturated rings. The molecular weight excluding hydrogens is 332 g/mol. The molecule has 0 spiro atoms. The molecule has 1 heterocycles. The Morgan fingerprint density at radius 3 is 2.92 bits per heavy atom. The lowest BCUT2D eigenvalue weighted by molar-refractivity contribution is 0.191. The highest BCUT2D eigenvalue weighted by molar-refractivity contribution is 5.89. The van der Waals surface area contributed by atoms with Crippen LogP contribution in [0.25, 0.3) is 0 Å². The second kappa shape index (κ2) is 8.47. The summed E-state index contributed by atoms with van der Waals surface area (Å²) in [6.07, 6.45) is 0.754. The Balaban J connectivity index is 1.75. The molecule has 0 aliphatic carbocycles. The maximum Gasteiger partial charge on any atom is 0.322 e. The third kappa shape index (κ3) is 4.20. The van der Waals surface area contributed by atoms with Crippen LogP contribution in [0, 0.1) is 0 Å². The van der Waals surface area contributed by atoms with Gasteiger partial charge in [-0.1, -0.05) is 18.2 Å². The smallest absolute Gasteiger partial charge is 0.322 e. The molecule has 0 saturated heterocycles. The SMILES string of the molecule is CCOc1cccc(NC(=O)N2CCCOc3c(cccc3OC)C2)c1. The van der Waals surface area contributed by atoms with E-state index in [4.69, 9.17) is 14.2 Å². The molecule has 6 nitrogen and oxygen atoms in total. The summed E-state index contributed by atoms with van der Waals surface area (Å²) in [4.78, 5) is 14.6. The molecule has 3 rings (SSSR count). The fourth-order valence-corrected chi connectivity index (χ4v) is 2.93. The summed E-state index contributed by atoms with van der Waals surface area (Å²) in [6, 6.07) is 13.0. The number of benzene rings is 2. The van der Waals surface area contributed by atoms with Gasteiger partial charge in [-0.3, -0.25) is 0 Å². The highest BCUT2D eigenvalue weighted by Gasteiger charge is 2.21. The van der Waals surface area contributed by atoms with Crippen molar-refractivity contribution in [2.24, 2.45) is 0 Å². The van der Waals surface area contributed by atoms with Crippen LogP contribution in [-0.4, -0.2) is 37.8 Å². The summed E-state index contributed by atoms with van der Waals surface area (Å²) in [5.41, 5.74) is 1.65. The fourth-order valence-electron chi connectivity index (χ4n) is 2.93. The molecule has 6 heteroatoms. The number of rotatable bonds is 4. The van der Waals surface area contributed by atoms with Crippen LogP contribution in [0.15, 0.2) is 42.5 Å². The van der Waals surface area contributed by atoms with E-state index in [-0.39, 0.29) is 6.03 Å². The van der Waals surface area contributed by atoms with Gasteiger partial charge in [0.1, 0.15) is 5.75 Å². The van der Waals surface area contributed by atoms with Gasteiger partial charge in [0.05, 0.1) is 26.9 Å². The first kappa shape index (κ1) is 17.9. The van der Waals surface area contributed by atoms with Crippen molar-refractivity contribution in [2.75, 3.05) is 32.2 Å². The predicted octanol–water partition coefficient (Wildman–Crippen LogP) is 3.91. The predicted molar refractivity (Wildman–Crippen MR) is 100 cm³/mol. The van der Waals surface area contributed by atoms with E-state index < -0.39 is 0 Å². The third-order valence-corrected chi connectivity index (χ3v) is 4.14. The number of carbonyl (C=O) groups is 1. The van der Waals surface area contributed by atoms with Gasteiger partial charge in [-0.25, -0.2) is 4.79 Å². The Morgan fingerprint density at radius 1 is 1.27 bits per heavy atom. The number of anilines is 1. The van der Waals surface area contributed by atoms with Gasteiger partial charge in [0.2, 0.25) is 0 Å². The first-order valence-electron chi connectivity index (χ1n) is 8.78. The number of amides is 2. The number of fused-ring (bicyclic) bond motifs is 1. The maximum absolute atomic E-state index is 12.8. The standard InChI is InChI=1S/C20H24N2O4/c1-3-25-17-9-5-8-16(13-17)21-20(23)22-11-6-12-26-19-15(14-22)7-4-10-18(19)24-2/h4-5,7-10,13H,3,6,11-12,14H2,1-2H3,(H,21,23). The molecule has 1 aliphatic heterocycles. The van der Waals surface area contributed by atoms with Gasteiger partial charge in [-0.05, 0) is 31.5 Å². The van der Waals surface area contributed by atoms with E-state index in [9.17, 15) is 4.79 Å². The molecule has 2 amide bonds. The molecule has 0 aromatic heterocycles. The van der Waals surface area contributed by atoms with Gasteiger partial charge in [0.25, 0.3) is 0 Å². The van der Waals surface area contributed by atoms with Crippen LogP contribution >= 0.6 is 0 Å². The number of methoxy groups -OCH3 is 1. The summed E-state index contributed by atoms with van der Waals surface area (Å²) in [5.74, 6) is 2.14. The minimum absolute atomic E-state index is 0.144. The summed E-state index contributed by atoms with van der Waals surface area (Å²) in [7, 11) is 1.62. The van der Waals surface area contributed by atoms with E-state index in [1.54, 1.807) is 12.0 Å². The number of hydrogen-bond acceptors (Lipinski definition) is 4. The van der Waals surface area contributed by atoms with Gasteiger partial charge in [0.15, 0.2) is 11.5 Å². The Kier molecular flexibility index (Phi) is 5.84. The van der Waals surface area contributed by atoms with Crippen LogP contribution in [0.5, 0.6) is 17.2 Å². The van der Waals surface area contributed by atoms with E-state index >= 15 is 0 Å². The molecule has 138 valence electrons. The first-order chi connectivity index (χ1) is 12.7. The number of carbonyl (C=O) groups excluding carboxylic acids is 1. The van der Waals surface area contributed by atoms with E-state index in [1.165, 1.54) is 0 Å². The molecule has 2 aromatic carbocycles. The van der Waals surface area contributed by atoms with Crippen molar-refractivity contribution in [1.82, 2.24) is 4.90 Å². The van der Waals surface area contributed by atoms with Crippen LogP contribution in [0.4, 0.5) is 10.5 Å². The third-order valence-electron chi connectivity index (χ3n) is 4.14. The van der Waals surface area contributed by atoms with Crippen molar-refractivity contribution in [3.05, 3.63) is 48.0 Å². The zero-order chi connectivity index (χ0) is 18.4. The monoisotopic (exact) mass is 356 g/mol. The second-order valence-corrected chi connectivity index (χ2v) is 5.96. The Morgan fingerprint density at radius 2 is 2.12 bits per heavy atom. The zero-order valence-corrected chi connectivity index (χ0v) is 15.2. The van der Waals surface area contributed by atoms with Crippen LogP contribution in [0.1, 0.15) is 18.9 Å². The Labute approximate surface area is 153 Å². The minimum Gasteiger partial charge on any atom is -0.494 e. The topological polar surface area (TPSA) is 60.0 Å². The highest BCUT2D eigenvalue weighted by Crippen LogP contribution is 2.33. The summed E-state index contributed by atoms with van der Waals surface area (Å²) in [5, 5.41) is 2.95. The van der Waals surface area contributed by atoms with Gasteiger partial charge in [-0.15, -0.1) is 0 Å². The van der Waals surface area contributed by atoms with Crippen LogP contribution in [0.2, 0.25) is 0 Å². The van der Waals surface area contributed by atoms with Crippen molar-refractivity contribution < 1.29 is 19.0 Å². The summed E-state index contributed by atoms with van der Waals surface area (Å²) >= 11 is 0. The van der Waals surface area contributed by atoms with Crippen LogP contribution < -0.4 is 19.5 Å². The minimum atomic E-state index is -0.144. The largest absolute Gasteiger partial charge is 0.494 e. The second-order valence-electron chi connectivity index (χ2n) is 5.96. The molecule has 0 unspecified atom stereocenters. The van der Waals surface area contributed by atoms with Crippen molar-refractivity contribution in [1.29, 1.82) is 0 Å². The Hall–Kier alpha value is -2.89. The van der Waals surface area contributed by atoms with Gasteiger partial charge < -0.3 is 24.4 Å². The molecule has 2 aromatic rings. The average Bonchev–Trinajstić information content (AvgIpc) is 2.62. The lowest BCUT2D eigenvalue weighted by Gasteiger charge is -2.27. The normalized spacial score (nSPS) is 13.7. The Bertz CT molecular complexity index is 763. The van der Waals surface area contributed by atoms with Gasteiger partial charge in [-0.2, -0.15) is 0 Å². The zero-order valence-electron chi connectivity index (χ0n) is 15.2. The van der Waals surface area contributed by atoms with Gasteiger partial charge in [0, 0.05) is 23.9 Å². The number of nitrogens with one attached hydrogen (secondary N) is 1. The molecule has 1 aliphatic rings. The van der Waals surface area contributed by atoms with E-state index in [1.807, 2.05) is 49.4 Å². The number of urea groups is 1. The number of hydrogen-bond donors (Lipinski definition) is 1. The van der Waals surface area contributed by atoms with Crippen LogP contribution in [0.3, 0.4) is 0 Å². The lowest BCUT2D eigenvalue weighted by Crippen LogP contribution is -2.37. The molecule has 0 atom stereocenters. The molecule has 0 saturated carbocycles. The maximum atomic E-state index is 12.8. The lowest BCUT2D eigenvalue weighted by atomic mass is 10.1. The molecule has 0 bridgehead atoms. The van der Waals surface area contributed by atoms with Crippen molar-refractivity contribution >= 4 is 11.7 Å². The van der Waals surface area contributed by atoms with Crippen molar-refractivity contribution in [3.8, 4) is 17.2 Å². The van der Waals surface area contributed by atoms with Crippen molar-refractivity contribution in [2.45, 2.75) is 19.9 Å². The summed E-state index contributed by atoms with van der Waals surface area (Å²) in [6.45, 7) is 4.13. The van der Waals surface area contributed by atoms with Crippen molar-refractivity contribution in [3.63, 3.8) is 0 Å². The molecule has 1 N–H and O–H groups in total. The molecule has 0 radical (unpaired) electrons. The average molecular weight is 356 g/mol. The fraction of sp³-hybridized carbons (Fsp3) is 0.350. The highest BCUT2D eigenvalue weighted by atomic mass is 16.5. The molecular formula is C20H24N2O4. The van der Waals surface area contributed by atoms with E-state index in [0.29, 0.717) is 43.5 Å². The number of nitrogens with zero attached hydrogens (tertiary/aromatic N) is 1. The molecule has 26 heavy (non-hydrogen) atoms. The number of ether oxygens (including phenoxy) is 3.